The van der Waals surface area contributed by atoms with E-state index in [1.165, 1.54) is 6.07 Å². The number of benzene rings is 3. The first kappa shape index (κ1) is 18.4. The number of para-hydroxylation sites is 1. The van der Waals surface area contributed by atoms with Crippen LogP contribution in [0.25, 0.3) is 10.8 Å². The molecule has 0 fully saturated rings. The number of hydrogen-bond acceptors (Lipinski definition) is 7. The summed E-state index contributed by atoms with van der Waals surface area (Å²) in [7, 11) is 3.20. The van der Waals surface area contributed by atoms with Crippen molar-refractivity contribution >= 4 is 53.5 Å². The molecule has 0 atom stereocenters. The molecule has 0 saturated heterocycles. The van der Waals surface area contributed by atoms with Gasteiger partial charge < -0.3 is 9.47 Å². The van der Waals surface area contributed by atoms with E-state index in [0.29, 0.717) is 45.2 Å². The molecule has 142 valence electrons. The predicted octanol–water partition coefficient (Wildman–Crippen LogP) is 5.63. The summed E-state index contributed by atoms with van der Waals surface area (Å²) in [6.45, 7) is 1.70. The van der Waals surface area contributed by atoms with E-state index in [9.17, 15) is 8.42 Å². The van der Waals surface area contributed by atoms with Crippen molar-refractivity contribution < 1.29 is 17.9 Å². The SMILES string of the molecule is COc1ccccc1N=Nc1ccc2c(S(=O)(=O)Cl)ccc3c2c1OC(C)=N3. The number of nitrogens with zero attached hydrogens (tertiary/aromatic N) is 3. The normalized spacial score (nSPS) is 13.5. The molecule has 1 heterocycles. The maximum absolute atomic E-state index is 11.9. The lowest BCUT2D eigenvalue weighted by atomic mass is 10.1. The fraction of sp³-hybridized carbons (Fsp3) is 0.105. The Labute approximate surface area is 165 Å². The van der Waals surface area contributed by atoms with Gasteiger partial charge in [-0.15, -0.1) is 10.2 Å². The fourth-order valence-corrected chi connectivity index (χ4v) is 4.07. The fourth-order valence-electron chi connectivity index (χ4n) is 3.01. The van der Waals surface area contributed by atoms with Gasteiger partial charge in [-0.2, -0.15) is 0 Å². The third-order valence-electron chi connectivity index (χ3n) is 4.19. The molecular formula is C19H14ClN3O4S. The maximum atomic E-state index is 11.9. The van der Waals surface area contributed by atoms with Crippen molar-refractivity contribution in [3.63, 3.8) is 0 Å². The van der Waals surface area contributed by atoms with Crippen LogP contribution in [0.1, 0.15) is 6.92 Å². The molecule has 0 amide bonds. The van der Waals surface area contributed by atoms with Crippen LogP contribution in [-0.4, -0.2) is 21.4 Å². The number of rotatable bonds is 4. The molecule has 0 aromatic heterocycles. The number of hydrogen-bond donors (Lipinski definition) is 0. The molecule has 0 aliphatic carbocycles. The van der Waals surface area contributed by atoms with E-state index in [1.54, 1.807) is 44.4 Å². The van der Waals surface area contributed by atoms with Gasteiger partial charge in [0.15, 0.2) is 11.6 Å². The van der Waals surface area contributed by atoms with Gasteiger partial charge in [0, 0.05) is 23.0 Å². The van der Waals surface area contributed by atoms with Gasteiger partial charge in [0.05, 0.1) is 23.1 Å². The second-order valence-corrected chi connectivity index (χ2v) is 8.50. The summed E-state index contributed by atoms with van der Waals surface area (Å²) in [5.41, 5.74) is 1.56. The molecule has 0 radical (unpaired) electrons. The Morgan fingerprint density at radius 1 is 1.04 bits per heavy atom. The van der Waals surface area contributed by atoms with Gasteiger partial charge in [0.2, 0.25) is 0 Å². The zero-order valence-electron chi connectivity index (χ0n) is 14.9. The van der Waals surface area contributed by atoms with Gasteiger partial charge in [-0.05, 0) is 30.3 Å². The summed E-state index contributed by atoms with van der Waals surface area (Å²) in [6, 6.07) is 13.5. The molecule has 0 N–H and O–H groups in total. The van der Waals surface area contributed by atoms with Crippen LogP contribution in [0.5, 0.6) is 11.5 Å². The Balaban J connectivity index is 1.92. The minimum atomic E-state index is -3.94. The minimum absolute atomic E-state index is 0.0132. The summed E-state index contributed by atoms with van der Waals surface area (Å²) >= 11 is 0. The third-order valence-corrected chi connectivity index (χ3v) is 5.57. The molecule has 9 heteroatoms. The molecule has 28 heavy (non-hydrogen) atoms. The molecule has 1 aliphatic rings. The lowest BCUT2D eigenvalue weighted by Crippen LogP contribution is -2.07. The predicted molar refractivity (Wildman–Crippen MR) is 108 cm³/mol. The van der Waals surface area contributed by atoms with Crippen LogP contribution >= 0.6 is 10.7 Å². The molecule has 3 aromatic carbocycles. The van der Waals surface area contributed by atoms with Gasteiger partial charge in [-0.3, -0.25) is 0 Å². The van der Waals surface area contributed by atoms with Crippen molar-refractivity contribution in [2.24, 2.45) is 15.2 Å². The molecule has 0 spiro atoms. The van der Waals surface area contributed by atoms with E-state index in [0.717, 1.165) is 0 Å². The molecule has 0 saturated carbocycles. The molecule has 4 rings (SSSR count). The first-order valence-corrected chi connectivity index (χ1v) is 10.5. The Bertz CT molecular complexity index is 1270. The number of aliphatic imine (C=N–C) groups is 1. The third kappa shape index (κ3) is 3.21. The summed E-state index contributed by atoms with van der Waals surface area (Å²) in [6.07, 6.45) is 0. The molecule has 0 unspecified atom stereocenters. The van der Waals surface area contributed by atoms with E-state index < -0.39 is 9.05 Å². The van der Waals surface area contributed by atoms with Gasteiger partial charge in [-0.25, -0.2) is 13.4 Å². The summed E-state index contributed by atoms with van der Waals surface area (Å²) in [5.74, 6) is 1.37. The Hall–Kier alpha value is -2.97. The van der Waals surface area contributed by atoms with Crippen LogP contribution in [0.15, 0.2) is 68.6 Å². The zero-order valence-corrected chi connectivity index (χ0v) is 16.5. The molecule has 7 nitrogen and oxygen atoms in total. The van der Waals surface area contributed by atoms with Gasteiger partial charge in [-0.1, -0.05) is 18.2 Å². The Kier molecular flexibility index (Phi) is 4.52. The standard InChI is InChI=1S/C19H14ClN3O4S/c1-11-21-14-9-10-17(28(20,24)25)12-7-8-15(19(27-11)18(12)14)23-22-13-5-3-4-6-16(13)26-2/h3-10H,1-2H3. The molecule has 1 aliphatic heterocycles. The number of halogens is 1. The van der Waals surface area contributed by atoms with E-state index in [2.05, 4.69) is 15.2 Å². The Morgan fingerprint density at radius 2 is 1.79 bits per heavy atom. The monoisotopic (exact) mass is 415 g/mol. The van der Waals surface area contributed by atoms with Gasteiger partial charge in [0.1, 0.15) is 17.1 Å². The zero-order chi connectivity index (χ0) is 19.9. The van der Waals surface area contributed by atoms with Gasteiger partial charge in [0.25, 0.3) is 9.05 Å². The van der Waals surface area contributed by atoms with Crippen LogP contribution in [0.2, 0.25) is 0 Å². The van der Waals surface area contributed by atoms with Crippen molar-refractivity contribution in [3.8, 4) is 11.5 Å². The van der Waals surface area contributed by atoms with Crippen molar-refractivity contribution in [1.82, 2.24) is 0 Å². The van der Waals surface area contributed by atoms with Crippen LogP contribution < -0.4 is 9.47 Å². The molecular weight excluding hydrogens is 402 g/mol. The highest BCUT2D eigenvalue weighted by atomic mass is 35.7. The second kappa shape index (κ2) is 6.88. The quantitative estimate of drug-likeness (QED) is 0.407. The lowest BCUT2D eigenvalue weighted by molar-refractivity contribution is 0.416. The lowest BCUT2D eigenvalue weighted by Gasteiger charge is -2.18. The van der Waals surface area contributed by atoms with Crippen molar-refractivity contribution in [1.29, 1.82) is 0 Å². The summed E-state index contributed by atoms with van der Waals surface area (Å²) in [4.78, 5) is 4.32. The smallest absolute Gasteiger partial charge is 0.261 e. The largest absolute Gasteiger partial charge is 0.494 e. The first-order valence-electron chi connectivity index (χ1n) is 8.21. The minimum Gasteiger partial charge on any atom is -0.494 e. The maximum Gasteiger partial charge on any atom is 0.261 e. The number of azo groups is 1. The first-order chi connectivity index (χ1) is 13.4. The molecule has 0 bridgehead atoms. The van der Waals surface area contributed by atoms with E-state index in [4.69, 9.17) is 20.2 Å². The highest BCUT2D eigenvalue weighted by Gasteiger charge is 2.24. The van der Waals surface area contributed by atoms with E-state index >= 15 is 0 Å². The average Bonchev–Trinajstić information content (AvgIpc) is 2.66. The second-order valence-electron chi connectivity index (χ2n) is 5.96. The van der Waals surface area contributed by atoms with Crippen LogP contribution in [0.3, 0.4) is 0 Å². The van der Waals surface area contributed by atoms with E-state index in [-0.39, 0.29) is 4.90 Å². The highest BCUT2D eigenvalue weighted by Crippen LogP contribution is 2.46. The summed E-state index contributed by atoms with van der Waals surface area (Å²) in [5, 5.41) is 9.47. The number of methoxy groups -OCH3 is 1. The van der Waals surface area contributed by atoms with Crippen molar-refractivity contribution in [2.45, 2.75) is 11.8 Å². The highest BCUT2D eigenvalue weighted by molar-refractivity contribution is 8.14. The number of ether oxygens (including phenoxy) is 2. The summed E-state index contributed by atoms with van der Waals surface area (Å²) < 4.78 is 34.9. The Morgan fingerprint density at radius 3 is 2.54 bits per heavy atom. The van der Waals surface area contributed by atoms with E-state index in [1.807, 2.05) is 12.1 Å². The van der Waals surface area contributed by atoms with Crippen molar-refractivity contribution in [2.75, 3.05) is 7.11 Å². The van der Waals surface area contributed by atoms with Crippen molar-refractivity contribution in [3.05, 3.63) is 48.5 Å². The van der Waals surface area contributed by atoms with Crippen LogP contribution in [0.4, 0.5) is 17.1 Å². The topological polar surface area (TPSA) is 89.7 Å². The average molecular weight is 416 g/mol. The van der Waals surface area contributed by atoms with Crippen LogP contribution in [0, 0.1) is 0 Å². The van der Waals surface area contributed by atoms with Crippen LogP contribution in [-0.2, 0) is 9.05 Å². The molecule has 3 aromatic rings. The van der Waals surface area contributed by atoms with Gasteiger partial charge >= 0.3 is 0 Å².